The summed E-state index contributed by atoms with van der Waals surface area (Å²) in [6.07, 6.45) is 3.48. The fraction of sp³-hybridized carbons (Fsp3) is 0.545. The largest absolute Gasteiger partial charge is 0.394 e. The maximum absolute atomic E-state index is 9.30. The van der Waals surface area contributed by atoms with E-state index in [9.17, 15) is 5.11 Å². The Kier molecular flexibility index (Phi) is 4.11. The number of hydrogen-bond acceptors (Lipinski definition) is 3. The maximum atomic E-state index is 9.30. The summed E-state index contributed by atoms with van der Waals surface area (Å²) in [7, 11) is 0. The zero-order valence-corrected chi connectivity index (χ0v) is 10.9. The molecule has 0 aliphatic heterocycles. The Bertz CT molecular complexity index is 323. The van der Waals surface area contributed by atoms with Gasteiger partial charge < -0.3 is 10.4 Å². The third kappa shape index (κ3) is 3.80. The van der Waals surface area contributed by atoms with Gasteiger partial charge in [0.05, 0.1) is 24.5 Å². The number of aliphatic hydroxyl groups is 1. The first-order chi connectivity index (χ1) is 6.93. The summed E-state index contributed by atoms with van der Waals surface area (Å²) in [6, 6.07) is 1.97. The van der Waals surface area contributed by atoms with E-state index >= 15 is 0 Å². The van der Waals surface area contributed by atoms with Crippen LogP contribution >= 0.6 is 15.9 Å². The van der Waals surface area contributed by atoms with Crippen LogP contribution in [0.1, 0.15) is 20.8 Å². The van der Waals surface area contributed by atoms with Crippen molar-refractivity contribution in [2.75, 3.05) is 11.9 Å². The van der Waals surface area contributed by atoms with Gasteiger partial charge in [0.15, 0.2) is 0 Å². The van der Waals surface area contributed by atoms with Gasteiger partial charge in [-0.2, -0.15) is 0 Å². The number of hydrogen-bond donors (Lipinski definition) is 2. The number of aromatic nitrogens is 1. The summed E-state index contributed by atoms with van der Waals surface area (Å²) < 4.78 is 0.929. The zero-order chi connectivity index (χ0) is 11.5. The van der Waals surface area contributed by atoms with E-state index in [-0.39, 0.29) is 18.1 Å². The molecule has 0 bridgehead atoms. The van der Waals surface area contributed by atoms with Crippen molar-refractivity contribution in [3.8, 4) is 0 Å². The number of anilines is 1. The number of pyridine rings is 1. The van der Waals surface area contributed by atoms with Crippen molar-refractivity contribution < 1.29 is 5.11 Å². The third-order valence-corrected chi connectivity index (χ3v) is 2.71. The molecule has 0 aliphatic rings. The predicted octanol–water partition coefficient (Wildman–Crippen LogP) is 2.66. The van der Waals surface area contributed by atoms with Crippen LogP contribution in [-0.2, 0) is 0 Å². The number of halogens is 1. The highest BCUT2D eigenvalue weighted by Gasteiger charge is 2.23. The molecular formula is C11H17BrN2O. The predicted molar refractivity (Wildman–Crippen MR) is 65.9 cm³/mol. The van der Waals surface area contributed by atoms with Crippen LogP contribution in [-0.4, -0.2) is 22.7 Å². The average molecular weight is 273 g/mol. The summed E-state index contributed by atoms with van der Waals surface area (Å²) in [4.78, 5) is 4.06. The first kappa shape index (κ1) is 12.5. The zero-order valence-electron chi connectivity index (χ0n) is 9.29. The molecule has 1 heterocycles. The second-order valence-electron chi connectivity index (χ2n) is 4.64. The molecule has 1 aromatic rings. The molecule has 1 atom stereocenters. The second-order valence-corrected chi connectivity index (χ2v) is 5.55. The van der Waals surface area contributed by atoms with E-state index in [1.807, 2.05) is 6.07 Å². The molecule has 3 nitrogen and oxygen atoms in total. The van der Waals surface area contributed by atoms with Crippen molar-refractivity contribution in [3.05, 3.63) is 22.9 Å². The van der Waals surface area contributed by atoms with Crippen LogP contribution in [0.25, 0.3) is 0 Å². The summed E-state index contributed by atoms with van der Waals surface area (Å²) in [5, 5.41) is 12.6. The third-order valence-electron chi connectivity index (χ3n) is 2.27. The molecular weight excluding hydrogens is 256 g/mol. The maximum Gasteiger partial charge on any atom is 0.0638 e. The van der Waals surface area contributed by atoms with Crippen LogP contribution in [0.5, 0.6) is 0 Å². The van der Waals surface area contributed by atoms with Gasteiger partial charge in [-0.25, -0.2) is 0 Å². The van der Waals surface area contributed by atoms with E-state index in [0.29, 0.717) is 0 Å². The summed E-state index contributed by atoms with van der Waals surface area (Å²) in [5.41, 5.74) is 0.926. The highest BCUT2D eigenvalue weighted by atomic mass is 79.9. The summed E-state index contributed by atoms with van der Waals surface area (Å²) in [5.74, 6) is 0. The lowest BCUT2D eigenvalue weighted by Gasteiger charge is -2.30. The minimum absolute atomic E-state index is 0.0110. The van der Waals surface area contributed by atoms with E-state index in [1.54, 1.807) is 12.4 Å². The van der Waals surface area contributed by atoms with Crippen LogP contribution in [0.15, 0.2) is 22.9 Å². The Hall–Kier alpha value is -0.610. The van der Waals surface area contributed by atoms with Crippen LogP contribution in [0, 0.1) is 5.41 Å². The minimum atomic E-state index is 0.0110. The molecule has 0 saturated carbocycles. The summed E-state index contributed by atoms with van der Waals surface area (Å²) in [6.45, 7) is 6.38. The Morgan fingerprint density at radius 2 is 2.13 bits per heavy atom. The fourth-order valence-electron chi connectivity index (χ4n) is 1.23. The Morgan fingerprint density at radius 1 is 1.47 bits per heavy atom. The number of nitrogens with one attached hydrogen (secondary N) is 1. The van der Waals surface area contributed by atoms with E-state index in [4.69, 9.17) is 0 Å². The molecule has 84 valence electrons. The van der Waals surface area contributed by atoms with Crippen LogP contribution in [0.4, 0.5) is 5.69 Å². The van der Waals surface area contributed by atoms with E-state index in [0.717, 1.165) is 10.2 Å². The average Bonchev–Trinajstić information content (AvgIpc) is 2.12. The normalized spacial score (nSPS) is 13.7. The van der Waals surface area contributed by atoms with Crippen molar-refractivity contribution in [1.82, 2.24) is 4.98 Å². The molecule has 1 aromatic heterocycles. The quantitative estimate of drug-likeness (QED) is 0.890. The number of rotatable bonds is 3. The Balaban J connectivity index is 2.76. The van der Waals surface area contributed by atoms with E-state index in [1.165, 1.54) is 0 Å². The van der Waals surface area contributed by atoms with Gasteiger partial charge in [-0.05, 0) is 27.4 Å². The topological polar surface area (TPSA) is 45.1 Å². The van der Waals surface area contributed by atoms with Gasteiger partial charge in [0.2, 0.25) is 0 Å². The number of nitrogens with zero attached hydrogens (tertiary/aromatic N) is 1. The molecule has 0 spiro atoms. The summed E-state index contributed by atoms with van der Waals surface area (Å²) >= 11 is 3.36. The van der Waals surface area contributed by atoms with Crippen molar-refractivity contribution in [2.24, 2.45) is 5.41 Å². The van der Waals surface area contributed by atoms with E-state index in [2.05, 4.69) is 47.0 Å². The molecule has 4 heteroatoms. The van der Waals surface area contributed by atoms with Crippen molar-refractivity contribution in [2.45, 2.75) is 26.8 Å². The highest BCUT2D eigenvalue weighted by Crippen LogP contribution is 2.23. The van der Waals surface area contributed by atoms with Gasteiger partial charge in [-0.15, -0.1) is 0 Å². The van der Waals surface area contributed by atoms with Gasteiger partial charge in [0.1, 0.15) is 0 Å². The molecule has 0 aliphatic carbocycles. The standard InChI is InChI=1S/C11H17BrN2O/c1-11(2,3)10(7-15)14-9-4-8(12)5-13-6-9/h4-6,10,14-15H,7H2,1-3H3. The molecule has 0 fully saturated rings. The fourth-order valence-corrected chi connectivity index (χ4v) is 1.59. The lowest BCUT2D eigenvalue weighted by atomic mass is 9.87. The second kappa shape index (κ2) is 4.94. The van der Waals surface area contributed by atoms with Crippen molar-refractivity contribution in [1.29, 1.82) is 0 Å². The monoisotopic (exact) mass is 272 g/mol. The van der Waals surface area contributed by atoms with Gasteiger partial charge in [-0.3, -0.25) is 4.98 Å². The minimum Gasteiger partial charge on any atom is -0.394 e. The molecule has 1 unspecified atom stereocenters. The van der Waals surface area contributed by atoms with Gasteiger partial charge in [0, 0.05) is 10.7 Å². The first-order valence-electron chi connectivity index (χ1n) is 4.91. The molecule has 0 aromatic carbocycles. The lowest BCUT2D eigenvalue weighted by molar-refractivity contribution is 0.202. The molecule has 1 rings (SSSR count). The van der Waals surface area contributed by atoms with Gasteiger partial charge in [0.25, 0.3) is 0 Å². The lowest BCUT2D eigenvalue weighted by Crippen LogP contribution is -2.37. The highest BCUT2D eigenvalue weighted by molar-refractivity contribution is 9.10. The van der Waals surface area contributed by atoms with Crippen LogP contribution in [0.3, 0.4) is 0 Å². The molecule has 15 heavy (non-hydrogen) atoms. The van der Waals surface area contributed by atoms with Gasteiger partial charge in [-0.1, -0.05) is 20.8 Å². The first-order valence-corrected chi connectivity index (χ1v) is 5.70. The van der Waals surface area contributed by atoms with E-state index < -0.39 is 0 Å². The molecule has 0 radical (unpaired) electrons. The van der Waals surface area contributed by atoms with Crippen LogP contribution in [0.2, 0.25) is 0 Å². The molecule has 2 N–H and O–H groups in total. The van der Waals surface area contributed by atoms with Crippen molar-refractivity contribution in [3.63, 3.8) is 0 Å². The molecule has 0 amide bonds. The van der Waals surface area contributed by atoms with Crippen molar-refractivity contribution >= 4 is 21.6 Å². The SMILES string of the molecule is CC(C)(C)C(CO)Nc1cncc(Br)c1. The van der Waals surface area contributed by atoms with Crippen LogP contribution < -0.4 is 5.32 Å². The smallest absolute Gasteiger partial charge is 0.0638 e. The Labute approximate surface area is 99.1 Å². The number of aliphatic hydroxyl groups excluding tert-OH is 1. The van der Waals surface area contributed by atoms with Gasteiger partial charge >= 0.3 is 0 Å². The molecule has 0 saturated heterocycles. The Morgan fingerprint density at radius 3 is 2.60 bits per heavy atom.